The lowest BCUT2D eigenvalue weighted by molar-refractivity contribution is 0.794. The lowest BCUT2D eigenvalue weighted by atomic mass is 10.4. The maximum absolute atomic E-state index is 4.34. The Balaban J connectivity index is 1.74. The highest BCUT2D eigenvalue weighted by Gasteiger charge is 2.12. The molecule has 0 saturated heterocycles. The highest BCUT2D eigenvalue weighted by atomic mass is 32.2. The highest BCUT2D eigenvalue weighted by Crippen LogP contribution is 2.27. The third kappa shape index (κ3) is 2.73. The Hall–Kier alpha value is -1.73. The Labute approximate surface area is 125 Å². The smallest absolute Gasteiger partial charge is 0.191 e. The molecule has 3 aromatic heterocycles. The van der Waals surface area contributed by atoms with E-state index in [1.165, 1.54) is 0 Å². The molecule has 0 unspecified atom stereocenters. The monoisotopic (exact) mass is 303 g/mol. The Morgan fingerprint density at radius 1 is 1.25 bits per heavy atom. The van der Waals surface area contributed by atoms with E-state index in [1.807, 2.05) is 30.0 Å². The van der Waals surface area contributed by atoms with Gasteiger partial charge in [0.25, 0.3) is 0 Å². The van der Waals surface area contributed by atoms with Gasteiger partial charge in [0, 0.05) is 25.2 Å². The topological polar surface area (TPSA) is 56.5 Å². The number of thiophene rings is 1. The molecule has 0 aliphatic carbocycles. The molecule has 0 N–H and O–H groups in total. The minimum absolute atomic E-state index is 0.740. The van der Waals surface area contributed by atoms with Crippen LogP contribution in [0.3, 0.4) is 0 Å². The van der Waals surface area contributed by atoms with Crippen molar-refractivity contribution in [3.63, 3.8) is 0 Å². The van der Waals surface area contributed by atoms with E-state index in [9.17, 15) is 0 Å². The van der Waals surface area contributed by atoms with E-state index in [4.69, 9.17) is 0 Å². The zero-order valence-corrected chi connectivity index (χ0v) is 12.8. The summed E-state index contributed by atoms with van der Waals surface area (Å²) in [7, 11) is 1.98. The van der Waals surface area contributed by atoms with Gasteiger partial charge in [-0.2, -0.15) is 0 Å². The average Bonchev–Trinajstić information content (AvgIpc) is 3.08. The molecule has 3 aromatic rings. The molecular formula is C13H13N5S2. The van der Waals surface area contributed by atoms with Crippen molar-refractivity contribution in [3.8, 4) is 10.7 Å². The van der Waals surface area contributed by atoms with Gasteiger partial charge in [-0.05, 0) is 18.4 Å². The summed E-state index contributed by atoms with van der Waals surface area (Å²) in [4.78, 5) is 9.71. The molecule has 0 fully saturated rings. The van der Waals surface area contributed by atoms with Gasteiger partial charge in [0.15, 0.2) is 11.0 Å². The van der Waals surface area contributed by atoms with Crippen LogP contribution in [0.15, 0.2) is 35.1 Å². The second-order valence-electron chi connectivity index (χ2n) is 4.28. The standard InChI is InChI=1S/C13H13N5S2/c1-9-6-15-10(7-14-9)8-20-13-17-16-12(18(13)2)11-4-3-5-19-11/h3-7H,8H2,1-2H3. The normalized spacial score (nSPS) is 10.9. The molecular weight excluding hydrogens is 290 g/mol. The Kier molecular flexibility index (Phi) is 3.79. The van der Waals surface area contributed by atoms with Crippen molar-refractivity contribution in [3.05, 3.63) is 41.3 Å². The fourth-order valence-corrected chi connectivity index (χ4v) is 3.24. The van der Waals surface area contributed by atoms with Crippen LogP contribution in [0.1, 0.15) is 11.4 Å². The lowest BCUT2D eigenvalue weighted by Gasteiger charge is -2.02. The van der Waals surface area contributed by atoms with Crippen LogP contribution < -0.4 is 0 Å². The molecule has 0 aromatic carbocycles. The van der Waals surface area contributed by atoms with E-state index in [2.05, 4.69) is 26.2 Å². The number of nitrogens with zero attached hydrogens (tertiary/aromatic N) is 5. The van der Waals surface area contributed by atoms with Gasteiger partial charge < -0.3 is 4.57 Å². The van der Waals surface area contributed by atoms with Gasteiger partial charge in [0.2, 0.25) is 0 Å². The van der Waals surface area contributed by atoms with Crippen LogP contribution in [0.25, 0.3) is 10.7 Å². The van der Waals surface area contributed by atoms with Crippen molar-refractivity contribution in [1.29, 1.82) is 0 Å². The third-order valence-corrected chi connectivity index (χ3v) is 4.68. The van der Waals surface area contributed by atoms with E-state index in [0.29, 0.717) is 0 Å². The van der Waals surface area contributed by atoms with Gasteiger partial charge in [-0.3, -0.25) is 9.97 Å². The molecule has 0 aliphatic heterocycles. The predicted molar refractivity (Wildman–Crippen MR) is 80.6 cm³/mol. The van der Waals surface area contributed by atoms with Crippen LogP contribution in [-0.2, 0) is 12.8 Å². The molecule has 0 aliphatic rings. The van der Waals surface area contributed by atoms with Crippen molar-refractivity contribution >= 4 is 23.1 Å². The summed E-state index contributed by atoms with van der Waals surface area (Å²) in [5.74, 6) is 1.64. The first kappa shape index (κ1) is 13.3. The van der Waals surface area contributed by atoms with Gasteiger partial charge in [0.05, 0.1) is 16.3 Å². The molecule has 5 nitrogen and oxygen atoms in total. The van der Waals surface area contributed by atoms with Crippen molar-refractivity contribution in [2.75, 3.05) is 0 Å². The van der Waals surface area contributed by atoms with Crippen molar-refractivity contribution < 1.29 is 0 Å². The number of hydrogen-bond acceptors (Lipinski definition) is 6. The Morgan fingerprint density at radius 3 is 2.85 bits per heavy atom. The molecule has 0 atom stereocenters. The number of rotatable bonds is 4. The van der Waals surface area contributed by atoms with E-state index in [1.54, 1.807) is 35.5 Å². The van der Waals surface area contributed by atoms with Gasteiger partial charge in [-0.25, -0.2) is 0 Å². The molecule has 20 heavy (non-hydrogen) atoms. The molecule has 7 heteroatoms. The number of aromatic nitrogens is 5. The van der Waals surface area contributed by atoms with Crippen molar-refractivity contribution in [2.45, 2.75) is 17.8 Å². The Bertz CT molecular complexity index is 688. The first-order valence-corrected chi connectivity index (χ1v) is 7.94. The summed E-state index contributed by atoms with van der Waals surface area (Å²) in [6.07, 6.45) is 3.59. The number of aryl methyl sites for hydroxylation is 1. The van der Waals surface area contributed by atoms with Crippen molar-refractivity contribution in [2.24, 2.45) is 7.05 Å². The maximum atomic E-state index is 4.34. The predicted octanol–water partition coefficient (Wildman–Crippen LogP) is 2.93. The van der Waals surface area contributed by atoms with Crippen LogP contribution in [-0.4, -0.2) is 24.7 Å². The Morgan fingerprint density at radius 2 is 2.15 bits per heavy atom. The summed E-state index contributed by atoms with van der Waals surface area (Å²) >= 11 is 3.28. The molecule has 0 spiro atoms. The van der Waals surface area contributed by atoms with Crippen molar-refractivity contribution in [1.82, 2.24) is 24.7 Å². The summed E-state index contributed by atoms with van der Waals surface area (Å²) in [6.45, 7) is 1.93. The molecule has 3 heterocycles. The lowest BCUT2D eigenvalue weighted by Crippen LogP contribution is -1.95. The fourth-order valence-electron chi connectivity index (χ4n) is 1.69. The van der Waals surface area contributed by atoms with Crippen LogP contribution in [0, 0.1) is 6.92 Å². The van der Waals surface area contributed by atoms with Crippen LogP contribution in [0.2, 0.25) is 0 Å². The fraction of sp³-hybridized carbons (Fsp3) is 0.231. The number of thioether (sulfide) groups is 1. The molecule has 102 valence electrons. The second kappa shape index (κ2) is 5.72. The summed E-state index contributed by atoms with van der Waals surface area (Å²) in [5.41, 5.74) is 1.87. The maximum Gasteiger partial charge on any atom is 0.191 e. The summed E-state index contributed by atoms with van der Waals surface area (Å²) in [5, 5.41) is 11.4. The molecule has 0 radical (unpaired) electrons. The minimum Gasteiger partial charge on any atom is -0.304 e. The van der Waals surface area contributed by atoms with Gasteiger partial charge in [-0.1, -0.05) is 17.8 Å². The van der Waals surface area contributed by atoms with Crippen LogP contribution >= 0.6 is 23.1 Å². The molecule has 0 amide bonds. The second-order valence-corrected chi connectivity index (χ2v) is 6.17. The average molecular weight is 303 g/mol. The van der Waals surface area contributed by atoms with E-state index >= 15 is 0 Å². The molecule has 0 saturated carbocycles. The van der Waals surface area contributed by atoms with Crippen LogP contribution in [0.5, 0.6) is 0 Å². The van der Waals surface area contributed by atoms with E-state index in [0.717, 1.165) is 33.0 Å². The third-order valence-electron chi connectivity index (χ3n) is 2.76. The highest BCUT2D eigenvalue weighted by molar-refractivity contribution is 7.98. The van der Waals surface area contributed by atoms with Crippen LogP contribution in [0.4, 0.5) is 0 Å². The van der Waals surface area contributed by atoms with Gasteiger partial charge >= 0.3 is 0 Å². The SMILES string of the molecule is Cc1cnc(CSc2nnc(-c3cccs3)n2C)cn1. The quantitative estimate of drug-likeness (QED) is 0.694. The van der Waals surface area contributed by atoms with Gasteiger partial charge in [0.1, 0.15) is 0 Å². The first-order valence-electron chi connectivity index (χ1n) is 6.07. The molecule has 0 bridgehead atoms. The van der Waals surface area contributed by atoms with Gasteiger partial charge in [-0.15, -0.1) is 21.5 Å². The summed E-state index contributed by atoms with van der Waals surface area (Å²) in [6, 6.07) is 4.07. The zero-order chi connectivity index (χ0) is 13.9. The summed E-state index contributed by atoms with van der Waals surface area (Å²) < 4.78 is 2.01. The van der Waals surface area contributed by atoms with E-state index in [-0.39, 0.29) is 0 Å². The number of hydrogen-bond donors (Lipinski definition) is 0. The van der Waals surface area contributed by atoms with E-state index < -0.39 is 0 Å². The zero-order valence-electron chi connectivity index (χ0n) is 11.1. The minimum atomic E-state index is 0.740. The largest absolute Gasteiger partial charge is 0.304 e. The molecule has 3 rings (SSSR count). The first-order chi connectivity index (χ1) is 9.74.